The van der Waals surface area contributed by atoms with E-state index in [2.05, 4.69) is 42.3 Å². The van der Waals surface area contributed by atoms with Crippen LogP contribution in [0.2, 0.25) is 0 Å². The van der Waals surface area contributed by atoms with Crippen LogP contribution in [0.3, 0.4) is 0 Å². The molecule has 0 bridgehead atoms. The number of aryl methyl sites for hydroxylation is 1. The van der Waals surface area contributed by atoms with Gasteiger partial charge in [-0.1, -0.05) is 19.1 Å². The highest BCUT2D eigenvalue weighted by atomic mass is 15.1. The number of anilines is 1. The van der Waals surface area contributed by atoms with Gasteiger partial charge in [0.2, 0.25) is 0 Å². The van der Waals surface area contributed by atoms with Gasteiger partial charge in [-0.3, -0.25) is 0 Å². The first kappa shape index (κ1) is 12.4. The van der Waals surface area contributed by atoms with Gasteiger partial charge in [0.25, 0.3) is 0 Å². The average Bonchev–Trinajstić information content (AvgIpc) is 2.29. The van der Waals surface area contributed by atoms with E-state index in [9.17, 15) is 0 Å². The molecule has 0 spiro atoms. The molecule has 1 saturated heterocycles. The summed E-state index contributed by atoms with van der Waals surface area (Å²) in [6.07, 6.45) is 2.71. The zero-order valence-electron chi connectivity index (χ0n) is 11.3. The topological polar surface area (TPSA) is 15.3 Å². The minimum Gasteiger partial charge on any atom is -0.371 e. The van der Waals surface area contributed by atoms with Gasteiger partial charge in [-0.2, -0.15) is 0 Å². The van der Waals surface area contributed by atoms with Crippen molar-refractivity contribution >= 4 is 5.69 Å². The highest BCUT2D eigenvalue weighted by molar-refractivity contribution is 5.54. The lowest BCUT2D eigenvalue weighted by molar-refractivity contribution is 0.446. The first-order chi connectivity index (χ1) is 8.20. The maximum Gasteiger partial charge on any atom is 0.0396 e. The highest BCUT2D eigenvalue weighted by Crippen LogP contribution is 2.26. The van der Waals surface area contributed by atoms with E-state index in [1.165, 1.54) is 42.7 Å². The molecule has 0 saturated carbocycles. The smallest absolute Gasteiger partial charge is 0.0396 e. The molecule has 1 fully saturated rings. The minimum atomic E-state index is 0.833. The van der Waals surface area contributed by atoms with E-state index in [0.29, 0.717) is 0 Å². The molecule has 1 aromatic carbocycles. The van der Waals surface area contributed by atoms with Crippen molar-refractivity contribution in [2.45, 2.75) is 33.2 Å². The molecule has 1 aromatic rings. The number of nitrogens with one attached hydrogen (secondary N) is 1. The van der Waals surface area contributed by atoms with Crippen LogP contribution in [0.25, 0.3) is 0 Å². The van der Waals surface area contributed by atoms with Crippen molar-refractivity contribution in [1.82, 2.24) is 5.32 Å². The third-order valence-electron chi connectivity index (χ3n) is 3.64. The van der Waals surface area contributed by atoms with E-state index in [0.717, 1.165) is 12.5 Å². The summed E-state index contributed by atoms with van der Waals surface area (Å²) in [5, 5.41) is 3.20. The van der Waals surface area contributed by atoms with Crippen molar-refractivity contribution in [2.75, 3.05) is 25.0 Å². The molecule has 0 aromatic heterocycles. The van der Waals surface area contributed by atoms with Crippen molar-refractivity contribution in [3.8, 4) is 0 Å². The molecule has 0 radical (unpaired) electrons. The SMILES string of the molecule is CNCc1ccc(N2CCCC(C)C2)c(C)c1. The van der Waals surface area contributed by atoms with Gasteiger partial charge >= 0.3 is 0 Å². The lowest BCUT2D eigenvalue weighted by Gasteiger charge is -2.34. The quantitative estimate of drug-likeness (QED) is 0.862. The van der Waals surface area contributed by atoms with Crippen LogP contribution in [0.4, 0.5) is 5.69 Å². The molecule has 0 amide bonds. The first-order valence-electron chi connectivity index (χ1n) is 6.70. The maximum absolute atomic E-state index is 3.20. The zero-order valence-corrected chi connectivity index (χ0v) is 11.3. The van der Waals surface area contributed by atoms with Gasteiger partial charge in [-0.25, -0.2) is 0 Å². The van der Waals surface area contributed by atoms with Gasteiger partial charge in [0.1, 0.15) is 0 Å². The Kier molecular flexibility index (Phi) is 4.06. The predicted octanol–water partition coefficient (Wildman–Crippen LogP) is 2.95. The lowest BCUT2D eigenvalue weighted by Crippen LogP contribution is -2.34. The molecular weight excluding hydrogens is 208 g/mol. The number of piperidine rings is 1. The Hall–Kier alpha value is -1.02. The van der Waals surface area contributed by atoms with Crippen LogP contribution >= 0.6 is 0 Å². The Morgan fingerprint density at radius 2 is 2.24 bits per heavy atom. The maximum atomic E-state index is 3.20. The third-order valence-corrected chi connectivity index (χ3v) is 3.64. The molecule has 2 rings (SSSR count). The van der Waals surface area contributed by atoms with Crippen molar-refractivity contribution < 1.29 is 0 Å². The minimum absolute atomic E-state index is 0.833. The Labute approximate surface area is 105 Å². The number of hydrogen-bond acceptors (Lipinski definition) is 2. The summed E-state index contributed by atoms with van der Waals surface area (Å²) in [5.41, 5.74) is 4.21. The molecule has 1 heterocycles. The highest BCUT2D eigenvalue weighted by Gasteiger charge is 2.17. The molecule has 1 aliphatic rings. The molecule has 2 heteroatoms. The first-order valence-corrected chi connectivity index (χ1v) is 6.70. The number of hydrogen-bond donors (Lipinski definition) is 1. The van der Waals surface area contributed by atoms with Crippen LogP contribution in [-0.4, -0.2) is 20.1 Å². The summed E-state index contributed by atoms with van der Waals surface area (Å²) in [7, 11) is 2.00. The fourth-order valence-corrected chi connectivity index (χ4v) is 2.79. The predicted molar refractivity (Wildman–Crippen MR) is 74.6 cm³/mol. The van der Waals surface area contributed by atoms with Gasteiger partial charge < -0.3 is 10.2 Å². The van der Waals surface area contributed by atoms with Crippen molar-refractivity contribution in [2.24, 2.45) is 5.92 Å². The largest absolute Gasteiger partial charge is 0.371 e. The summed E-state index contributed by atoms with van der Waals surface area (Å²) in [4.78, 5) is 2.55. The standard InChI is InChI=1S/C15H24N2/c1-12-5-4-8-17(11-12)15-7-6-14(10-16-3)9-13(15)2/h6-7,9,12,16H,4-5,8,10-11H2,1-3H3. The van der Waals surface area contributed by atoms with Crippen molar-refractivity contribution in [3.05, 3.63) is 29.3 Å². The molecule has 17 heavy (non-hydrogen) atoms. The van der Waals surface area contributed by atoms with Gasteiger partial charge in [0, 0.05) is 25.3 Å². The normalized spacial score (nSPS) is 20.6. The summed E-state index contributed by atoms with van der Waals surface area (Å²) >= 11 is 0. The summed E-state index contributed by atoms with van der Waals surface area (Å²) in [5.74, 6) is 0.833. The summed E-state index contributed by atoms with van der Waals surface area (Å²) in [6, 6.07) is 6.85. The van der Waals surface area contributed by atoms with Gasteiger partial charge in [0.15, 0.2) is 0 Å². The second kappa shape index (κ2) is 5.54. The van der Waals surface area contributed by atoms with Gasteiger partial charge in [0.05, 0.1) is 0 Å². The van der Waals surface area contributed by atoms with Crippen LogP contribution in [0.1, 0.15) is 30.9 Å². The van der Waals surface area contributed by atoms with E-state index < -0.39 is 0 Å². The Morgan fingerprint density at radius 1 is 1.41 bits per heavy atom. The van der Waals surface area contributed by atoms with Crippen molar-refractivity contribution in [1.29, 1.82) is 0 Å². The lowest BCUT2D eigenvalue weighted by atomic mass is 9.98. The molecule has 94 valence electrons. The zero-order chi connectivity index (χ0) is 12.3. The van der Waals surface area contributed by atoms with E-state index in [-0.39, 0.29) is 0 Å². The van der Waals surface area contributed by atoms with Crippen LogP contribution in [0.15, 0.2) is 18.2 Å². The second-order valence-corrected chi connectivity index (χ2v) is 5.34. The average molecular weight is 232 g/mol. The monoisotopic (exact) mass is 232 g/mol. The van der Waals surface area contributed by atoms with Gasteiger partial charge in [-0.15, -0.1) is 0 Å². The fraction of sp³-hybridized carbons (Fsp3) is 0.600. The van der Waals surface area contributed by atoms with E-state index in [1.54, 1.807) is 0 Å². The summed E-state index contributed by atoms with van der Waals surface area (Å²) in [6.45, 7) is 7.98. The number of rotatable bonds is 3. The second-order valence-electron chi connectivity index (χ2n) is 5.34. The summed E-state index contributed by atoms with van der Waals surface area (Å²) < 4.78 is 0. The van der Waals surface area contributed by atoms with Crippen LogP contribution in [0, 0.1) is 12.8 Å². The number of nitrogens with zero attached hydrogens (tertiary/aromatic N) is 1. The van der Waals surface area contributed by atoms with Crippen LogP contribution in [0.5, 0.6) is 0 Å². The molecule has 0 aliphatic carbocycles. The number of benzene rings is 1. The Balaban J connectivity index is 2.15. The molecule has 1 N–H and O–H groups in total. The molecule has 1 atom stereocenters. The Morgan fingerprint density at radius 3 is 2.88 bits per heavy atom. The van der Waals surface area contributed by atoms with Crippen LogP contribution in [-0.2, 0) is 6.54 Å². The molecule has 1 aliphatic heterocycles. The Bertz CT molecular complexity index is 373. The molecular formula is C15H24N2. The van der Waals surface area contributed by atoms with Gasteiger partial charge in [-0.05, 0) is 49.9 Å². The van der Waals surface area contributed by atoms with E-state index in [4.69, 9.17) is 0 Å². The third kappa shape index (κ3) is 3.01. The van der Waals surface area contributed by atoms with Crippen LogP contribution < -0.4 is 10.2 Å². The fourth-order valence-electron chi connectivity index (χ4n) is 2.79. The van der Waals surface area contributed by atoms with Crippen molar-refractivity contribution in [3.63, 3.8) is 0 Å². The van der Waals surface area contributed by atoms with E-state index >= 15 is 0 Å². The molecule has 2 nitrogen and oxygen atoms in total. The molecule has 1 unspecified atom stereocenters. The van der Waals surface area contributed by atoms with E-state index in [1.807, 2.05) is 7.05 Å².